The van der Waals surface area contributed by atoms with E-state index in [2.05, 4.69) is 62.9 Å². The molecule has 0 amide bonds. The van der Waals surface area contributed by atoms with E-state index < -0.39 is 0 Å². The Morgan fingerprint density at radius 3 is 2.76 bits per heavy atom. The molecule has 2 atom stereocenters. The number of H-pyrrole nitrogens is 1. The van der Waals surface area contributed by atoms with Gasteiger partial charge in [0.25, 0.3) is 0 Å². The molecule has 0 bridgehead atoms. The first-order valence-corrected chi connectivity index (χ1v) is 11.3. The molecule has 156 valence electrons. The molecule has 2 fully saturated rings. The third kappa shape index (κ3) is 3.52. The summed E-state index contributed by atoms with van der Waals surface area (Å²) < 4.78 is 0. The van der Waals surface area contributed by atoms with Crippen molar-refractivity contribution < 1.29 is 0 Å². The zero-order valence-corrected chi connectivity index (χ0v) is 17.5. The standard InChI is InChI=1S/C23H34N6/c1-2-11-29-12-8-20-22(25-17-24-20)23(29)9-13-28(14-10-23)16-19-15-26-27-21(19)18-6-4-3-5-7-18/h3-7,17,19,21,26-27H,2,8-16H2,1H3,(H,24,25). The zero-order chi connectivity index (χ0) is 19.7. The fourth-order valence-electron chi connectivity index (χ4n) is 5.83. The van der Waals surface area contributed by atoms with Crippen molar-refractivity contribution in [3.63, 3.8) is 0 Å². The highest BCUT2D eigenvalue weighted by Crippen LogP contribution is 2.42. The van der Waals surface area contributed by atoms with Gasteiger partial charge in [-0.05, 0) is 31.4 Å². The largest absolute Gasteiger partial charge is 0.348 e. The fraction of sp³-hybridized carbons (Fsp3) is 0.609. The van der Waals surface area contributed by atoms with Crippen LogP contribution in [0.3, 0.4) is 0 Å². The van der Waals surface area contributed by atoms with Crippen LogP contribution < -0.4 is 10.9 Å². The molecule has 4 heterocycles. The molecule has 0 aliphatic carbocycles. The molecule has 3 aliphatic rings. The van der Waals surface area contributed by atoms with Crippen LogP contribution in [-0.4, -0.2) is 59.0 Å². The maximum Gasteiger partial charge on any atom is 0.0926 e. The van der Waals surface area contributed by atoms with Crippen LogP contribution in [0.25, 0.3) is 0 Å². The highest BCUT2D eigenvalue weighted by molar-refractivity contribution is 5.27. The number of aromatic amines is 1. The first-order chi connectivity index (χ1) is 14.3. The smallest absolute Gasteiger partial charge is 0.0926 e. The molecule has 0 saturated carbocycles. The van der Waals surface area contributed by atoms with Crippen molar-refractivity contribution in [3.05, 3.63) is 53.6 Å². The fourth-order valence-corrected chi connectivity index (χ4v) is 5.83. The molecule has 1 spiro atoms. The number of hydrazine groups is 1. The van der Waals surface area contributed by atoms with Crippen molar-refractivity contribution in [3.8, 4) is 0 Å². The van der Waals surface area contributed by atoms with Gasteiger partial charge in [-0.2, -0.15) is 0 Å². The van der Waals surface area contributed by atoms with E-state index in [9.17, 15) is 0 Å². The van der Waals surface area contributed by atoms with Crippen LogP contribution >= 0.6 is 0 Å². The summed E-state index contributed by atoms with van der Waals surface area (Å²) in [6.45, 7) is 9.14. The third-order valence-corrected chi connectivity index (χ3v) is 7.32. The molecule has 1 aromatic heterocycles. The number of fused-ring (bicyclic) bond motifs is 2. The molecular weight excluding hydrogens is 360 g/mol. The maximum absolute atomic E-state index is 4.81. The van der Waals surface area contributed by atoms with E-state index in [-0.39, 0.29) is 5.54 Å². The summed E-state index contributed by atoms with van der Waals surface area (Å²) in [6.07, 6.45) is 6.61. The topological polar surface area (TPSA) is 59.2 Å². The van der Waals surface area contributed by atoms with Crippen molar-refractivity contribution in [1.29, 1.82) is 0 Å². The second-order valence-corrected chi connectivity index (χ2v) is 8.97. The van der Waals surface area contributed by atoms with Gasteiger partial charge in [0.2, 0.25) is 0 Å². The van der Waals surface area contributed by atoms with Crippen LogP contribution in [0.1, 0.15) is 49.2 Å². The predicted molar refractivity (Wildman–Crippen MR) is 115 cm³/mol. The van der Waals surface area contributed by atoms with Crippen LogP contribution in [0.5, 0.6) is 0 Å². The molecule has 29 heavy (non-hydrogen) atoms. The minimum atomic E-state index is 0.144. The second-order valence-electron chi connectivity index (χ2n) is 8.97. The first-order valence-electron chi connectivity index (χ1n) is 11.3. The number of nitrogens with zero attached hydrogens (tertiary/aromatic N) is 3. The normalized spacial score (nSPS) is 27.3. The Kier molecular flexibility index (Phi) is 5.43. The number of benzene rings is 1. The van der Waals surface area contributed by atoms with Gasteiger partial charge < -0.3 is 9.88 Å². The molecule has 3 aliphatic heterocycles. The summed E-state index contributed by atoms with van der Waals surface area (Å²) in [5.41, 5.74) is 11.1. The maximum atomic E-state index is 4.81. The van der Waals surface area contributed by atoms with Crippen molar-refractivity contribution in [1.82, 2.24) is 30.6 Å². The average molecular weight is 395 g/mol. The Morgan fingerprint density at radius 1 is 1.14 bits per heavy atom. The lowest BCUT2D eigenvalue weighted by molar-refractivity contribution is 0.00191. The summed E-state index contributed by atoms with van der Waals surface area (Å²) in [4.78, 5) is 13.6. The van der Waals surface area contributed by atoms with Crippen molar-refractivity contribution in [2.24, 2.45) is 5.92 Å². The number of hydrogen-bond acceptors (Lipinski definition) is 5. The number of aromatic nitrogens is 2. The summed E-state index contributed by atoms with van der Waals surface area (Å²) in [5, 5.41) is 0. The van der Waals surface area contributed by atoms with Gasteiger partial charge in [-0.1, -0.05) is 37.3 Å². The van der Waals surface area contributed by atoms with Crippen LogP contribution in [0.4, 0.5) is 0 Å². The van der Waals surface area contributed by atoms with Crippen LogP contribution in [0.2, 0.25) is 0 Å². The summed E-state index contributed by atoms with van der Waals surface area (Å²) in [5.74, 6) is 0.602. The highest BCUT2D eigenvalue weighted by atomic mass is 15.4. The summed E-state index contributed by atoms with van der Waals surface area (Å²) in [7, 11) is 0. The highest BCUT2D eigenvalue weighted by Gasteiger charge is 2.46. The van der Waals surface area contributed by atoms with Gasteiger partial charge in [-0.25, -0.2) is 10.4 Å². The van der Waals surface area contributed by atoms with E-state index in [1.165, 1.54) is 42.8 Å². The minimum Gasteiger partial charge on any atom is -0.348 e. The monoisotopic (exact) mass is 394 g/mol. The Balaban J connectivity index is 1.28. The molecule has 5 rings (SSSR count). The van der Waals surface area contributed by atoms with Crippen LogP contribution in [0, 0.1) is 5.92 Å². The lowest BCUT2D eigenvalue weighted by atomic mass is 9.78. The summed E-state index contributed by atoms with van der Waals surface area (Å²) in [6, 6.07) is 11.3. The lowest BCUT2D eigenvalue weighted by Crippen LogP contribution is -2.57. The molecule has 2 unspecified atom stereocenters. The van der Waals surface area contributed by atoms with Crippen LogP contribution in [0.15, 0.2) is 36.7 Å². The van der Waals surface area contributed by atoms with Crippen molar-refractivity contribution >= 4 is 0 Å². The molecule has 6 nitrogen and oxygen atoms in total. The Morgan fingerprint density at radius 2 is 1.97 bits per heavy atom. The molecule has 2 saturated heterocycles. The van der Waals surface area contributed by atoms with E-state index in [4.69, 9.17) is 4.98 Å². The number of likely N-dealkylation sites (tertiary alicyclic amines) is 1. The number of nitrogens with one attached hydrogen (secondary N) is 3. The Labute approximate surface area is 174 Å². The number of hydrogen-bond donors (Lipinski definition) is 3. The van der Waals surface area contributed by atoms with Crippen molar-refractivity contribution in [2.45, 2.75) is 44.2 Å². The molecule has 0 radical (unpaired) electrons. The number of rotatable bonds is 5. The van der Waals surface area contributed by atoms with Gasteiger partial charge in [0.15, 0.2) is 0 Å². The zero-order valence-electron chi connectivity index (χ0n) is 17.5. The van der Waals surface area contributed by atoms with Gasteiger partial charge in [-0.3, -0.25) is 10.3 Å². The Bertz CT molecular complexity index is 795. The van der Waals surface area contributed by atoms with E-state index >= 15 is 0 Å². The van der Waals surface area contributed by atoms with Gasteiger partial charge in [0.1, 0.15) is 0 Å². The van der Waals surface area contributed by atoms with Gasteiger partial charge in [0, 0.05) is 50.8 Å². The molecule has 3 N–H and O–H groups in total. The molecular formula is C23H34N6. The van der Waals surface area contributed by atoms with E-state index in [1.807, 2.05) is 6.33 Å². The van der Waals surface area contributed by atoms with Gasteiger partial charge in [-0.15, -0.1) is 0 Å². The number of piperidine rings is 1. The summed E-state index contributed by atoms with van der Waals surface area (Å²) >= 11 is 0. The van der Waals surface area contributed by atoms with E-state index in [1.54, 1.807) is 0 Å². The Hall–Kier alpha value is -1.73. The second kappa shape index (κ2) is 8.19. The van der Waals surface area contributed by atoms with Crippen LogP contribution in [-0.2, 0) is 12.0 Å². The van der Waals surface area contributed by atoms with Gasteiger partial charge in [0.05, 0.1) is 23.6 Å². The van der Waals surface area contributed by atoms with E-state index in [0.29, 0.717) is 12.0 Å². The van der Waals surface area contributed by atoms with Gasteiger partial charge >= 0.3 is 0 Å². The van der Waals surface area contributed by atoms with E-state index in [0.717, 1.165) is 39.1 Å². The number of imidazole rings is 1. The van der Waals surface area contributed by atoms with Crippen molar-refractivity contribution in [2.75, 3.05) is 39.3 Å². The predicted octanol–water partition coefficient (Wildman–Crippen LogP) is 2.43. The lowest BCUT2D eigenvalue weighted by Gasteiger charge is -2.51. The third-order valence-electron chi connectivity index (χ3n) is 7.32. The quantitative estimate of drug-likeness (QED) is 0.727. The molecule has 2 aromatic rings. The first kappa shape index (κ1) is 19.2. The molecule has 6 heteroatoms. The minimum absolute atomic E-state index is 0.144. The molecule has 1 aromatic carbocycles. The SMILES string of the molecule is CCCN1CCc2[nH]cnc2C12CCN(CC1CNNC1c1ccccc1)CC2. The average Bonchev–Trinajstić information content (AvgIpc) is 3.42.